The Labute approximate surface area is 117 Å². The highest BCUT2D eigenvalue weighted by Gasteiger charge is 2.30. The predicted molar refractivity (Wildman–Crippen MR) is 73.9 cm³/mol. The Morgan fingerprint density at radius 1 is 1.20 bits per heavy atom. The molecule has 1 heterocycles. The van der Waals surface area contributed by atoms with E-state index in [-0.39, 0.29) is 0 Å². The average Bonchev–Trinajstić information content (AvgIpc) is 2.34. The molecule has 0 spiro atoms. The monoisotopic (exact) mass is 290 g/mol. The standard InChI is InChI=1S/C13H21F3N4/c1-4-6-17-11-10(5-2)12(19-8-18-11)20-9(3)7-13(14,15)16/h8-9H,4-7H2,1-3H3,(H2,17,18,19,20). The molecule has 4 nitrogen and oxygen atoms in total. The normalized spacial score (nSPS) is 13.1. The van der Waals surface area contributed by atoms with Crippen molar-refractivity contribution in [1.82, 2.24) is 9.97 Å². The first-order valence-corrected chi connectivity index (χ1v) is 6.78. The molecule has 1 unspecified atom stereocenters. The molecule has 1 rings (SSSR count). The molecule has 0 saturated carbocycles. The van der Waals surface area contributed by atoms with Crippen LogP contribution in [0.3, 0.4) is 0 Å². The van der Waals surface area contributed by atoms with Gasteiger partial charge in [-0.1, -0.05) is 13.8 Å². The van der Waals surface area contributed by atoms with Crippen LogP contribution in [0.25, 0.3) is 0 Å². The number of hydrogen-bond acceptors (Lipinski definition) is 4. The molecule has 0 bridgehead atoms. The predicted octanol–water partition coefficient (Wildman–Crippen LogP) is 3.61. The number of rotatable bonds is 7. The quantitative estimate of drug-likeness (QED) is 0.805. The summed E-state index contributed by atoms with van der Waals surface area (Å²) in [6, 6.07) is -0.728. The van der Waals surface area contributed by atoms with Crippen molar-refractivity contribution in [2.24, 2.45) is 0 Å². The molecule has 0 fully saturated rings. The van der Waals surface area contributed by atoms with E-state index in [1.807, 2.05) is 13.8 Å². The van der Waals surface area contributed by atoms with Crippen LogP contribution in [0.5, 0.6) is 0 Å². The van der Waals surface area contributed by atoms with E-state index in [1.165, 1.54) is 13.3 Å². The van der Waals surface area contributed by atoms with Crippen molar-refractivity contribution in [2.45, 2.75) is 52.3 Å². The molecule has 114 valence electrons. The Bertz CT molecular complexity index is 421. The highest BCUT2D eigenvalue weighted by molar-refractivity contribution is 5.57. The van der Waals surface area contributed by atoms with Crippen molar-refractivity contribution in [3.8, 4) is 0 Å². The fourth-order valence-corrected chi connectivity index (χ4v) is 1.90. The highest BCUT2D eigenvalue weighted by Crippen LogP contribution is 2.25. The summed E-state index contributed by atoms with van der Waals surface area (Å²) < 4.78 is 37.1. The minimum absolute atomic E-state index is 0.470. The van der Waals surface area contributed by atoms with Crippen LogP contribution in [0.1, 0.15) is 39.2 Å². The molecule has 0 saturated heterocycles. The third kappa shape index (κ3) is 5.22. The van der Waals surface area contributed by atoms with E-state index in [0.717, 1.165) is 18.5 Å². The van der Waals surface area contributed by atoms with Crippen molar-refractivity contribution in [3.63, 3.8) is 0 Å². The van der Waals surface area contributed by atoms with Gasteiger partial charge in [-0.15, -0.1) is 0 Å². The van der Waals surface area contributed by atoms with Gasteiger partial charge < -0.3 is 10.6 Å². The summed E-state index contributed by atoms with van der Waals surface area (Å²) in [6.45, 7) is 6.22. The van der Waals surface area contributed by atoms with Crippen LogP contribution in [0.4, 0.5) is 24.8 Å². The second kappa shape index (κ2) is 7.31. The number of nitrogens with zero attached hydrogens (tertiary/aromatic N) is 2. The van der Waals surface area contributed by atoms with Gasteiger partial charge in [-0.05, 0) is 19.8 Å². The van der Waals surface area contributed by atoms with Gasteiger partial charge in [-0.2, -0.15) is 13.2 Å². The zero-order valence-electron chi connectivity index (χ0n) is 12.0. The van der Waals surface area contributed by atoms with Crippen LogP contribution >= 0.6 is 0 Å². The molecule has 0 aromatic carbocycles. The van der Waals surface area contributed by atoms with E-state index in [4.69, 9.17) is 0 Å². The topological polar surface area (TPSA) is 49.8 Å². The molecule has 1 aromatic heterocycles. The smallest absolute Gasteiger partial charge is 0.370 e. The van der Waals surface area contributed by atoms with Gasteiger partial charge in [0, 0.05) is 18.2 Å². The number of anilines is 2. The molecular weight excluding hydrogens is 269 g/mol. The summed E-state index contributed by atoms with van der Waals surface area (Å²) in [5.41, 5.74) is 0.815. The summed E-state index contributed by atoms with van der Waals surface area (Å²) in [6.07, 6.45) is -2.12. The minimum atomic E-state index is -4.19. The minimum Gasteiger partial charge on any atom is -0.370 e. The molecule has 0 radical (unpaired) electrons. The fourth-order valence-electron chi connectivity index (χ4n) is 1.90. The maximum absolute atomic E-state index is 12.4. The van der Waals surface area contributed by atoms with E-state index < -0.39 is 18.6 Å². The Hall–Kier alpha value is -1.53. The van der Waals surface area contributed by atoms with Gasteiger partial charge in [0.25, 0.3) is 0 Å². The van der Waals surface area contributed by atoms with Crippen LogP contribution in [0.2, 0.25) is 0 Å². The highest BCUT2D eigenvalue weighted by atomic mass is 19.4. The molecule has 2 N–H and O–H groups in total. The zero-order valence-corrected chi connectivity index (χ0v) is 12.0. The van der Waals surface area contributed by atoms with Crippen molar-refractivity contribution < 1.29 is 13.2 Å². The molecule has 0 amide bonds. The number of hydrogen-bond donors (Lipinski definition) is 2. The number of alkyl halides is 3. The van der Waals surface area contributed by atoms with Crippen LogP contribution in [-0.2, 0) is 6.42 Å². The van der Waals surface area contributed by atoms with E-state index in [2.05, 4.69) is 20.6 Å². The van der Waals surface area contributed by atoms with Crippen LogP contribution in [0, 0.1) is 0 Å². The molecular formula is C13H21F3N4. The van der Waals surface area contributed by atoms with Gasteiger partial charge in [0.15, 0.2) is 0 Å². The van der Waals surface area contributed by atoms with Crippen LogP contribution < -0.4 is 10.6 Å². The maximum atomic E-state index is 12.4. The first-order chi connectivity index (χ1) is 9.37. The molecule has 1 atom stereocenters. The van der Waals surface area contributed by atoms with Gasteiger partial charge in [0.2, 0.25) is 0 Å². The second-order valence-corrected chi connectivity index (χ2v) is 4.69. The van der Waals surface area contributed by atoms with Crippen molar-refractivity contribution in [2.75, 3.05) is 17.2 Å². The zero-order chi connectivity index (χ0) is 15.2. The lowest BCUT2D eigenvalue weighted by atomic mass is 10.1. The third-order valence-electron chi connectivity index (χ3n) is 2.76. The summed E-state index contributed by atoms with van der Waals surface area (Å²) >= 11 is 0. The summed E-state index contributed by atoms with van der Waals surface area (Å²) in [5, 5.41) is 5.99. The van der Waals surface area contributed by atoms with Gasteiger partial charge in [0.05, 0.1) is 6.42 Å². The van der Waals surface area contributed by atoms with Gasteiger partial charge in [0.1, 0.15) is 18.0 Å². The van der Waals surface area contributed by atoms with E-state index in [9.17, 15) is 13.2 Å². The first-order valence-electron chi connectivity index (χ1n) is 6.78. The summed E-state index contributed by atoms with van der Waals surface area (Å²) in [5.74, 6) is 1.16. The average molecular weight is 290 g/mol. The van der Waals surface area contributed by atoms with E-state index >= 15 is 0 Å². The Kier molecular flexibility index (Phi) is 6.04. The van der Waals surface area contributed by atoms with Crippen molar-refractivity contribution in [1.29, 1.82) is 0 Å². The van der Waals surface area contributed by atoms with Gasteiger partial charge in [-0.25, -0.2) is 9.97 Å². The maximum Gasteiger partial charge on any atom is 0.391 e. The van der Waals surface area contributed by atoms with Gasteiger partial charge >= 0.3 is 6.18 Å². The molecule has 0 aliphatic heterocycles. The number of halogens is 3. The molecule has 0 aliphatic carbocycles. The Balaban J connectivity index is 2.83. The van der Waals surface area contributed by atoms with Crippen molar-refractivity contribution in [3.05, 3.63) is 11.9 Å². The van der Waals surface area contributed by atoms with Crippen LogP contribution in [0.15, 0.2) is 6.33 Å². The lowest BCUT2D eigenvalue weighted by molar-refractivity contribution is -0.136. The number of nitrogens with one attached hydrogen (secondary N) is 2. The molecule has 1 aromatic rings. The SMILES string of the molecule is CCCNc1ncnc(NC(C)CC(F)(F)F)c1CC. The lowest BCUT2D eigenvalue weighted by Crippen LogP contribution is -2.25. The van der Waals surface area contributed by atoms with Crippen molar-refractivity contribution >= 4 is 11.6 Å². The third-order valence-corrected chi connectivity index (χ3v) is 2.76. The molecule has 20 heavy (non-hydrogen) atoms. The molecule has 7 heteroatoms. The summed E-state index contributed by atoms with van der Waals surface area (Å²) in [7, 11) is 0. The van der Waals surface area contributed by atoms with E-state index in [1.54, 1.807) is 0 Å². The van der Waals surface area contributed by atoms with E-state index in [0.29, 0.717) is 18.1 Å². The lowest BCUT2D eigenvalue weighted by Gasteiger charge is -2.19. The van der Waals surface area contributed by atoms with Gasteiger partial charge in [-0.3, -0.25) is 0 Å². The fraction of sp³-hybridized carbons (Fsp3) is 0.692. The first kappa shape index (κ1) is 16.5. The number of aromatic nitrogens is 2. The van der Waals surface area contributed by atoms with Crippen LogP contribution in [-0.4, -0.2) is 28.7 Å². The molecule has 0 aliphatic rings. The largest absolute Gasteiger partial charge is 0.391 e. The summed E-state index contributed by atoms with van der Waals surface area (Å²) in [4.78, 5) is 8.20. The Morgan fingerprint density at radius 3 is 2.40 bits per heavy atom. The second-order valence-electron chi connectivity index (χ2n) is 4.69. The Morgan fingerprint density at radius 2 is 1.85 bits per heavy atom.